The van der Waals surface area contributed by atoms with Crippen LogP contribution in [0.4, 0.5) is 11.4 Å². The van der Waals surface area contributed by atoms with E-state index < -0.39 is 16.1 Å². The Balaban J connectivity index is 1.77. The van der Waals surface area contributed by atoms with Crippen LogP contribution in [0.3, 0.4) is 0 Å². The second-order valence-corrected chi connectivity index (χ2v) is 9.14. The van der Waals surface area contributed by atoms with E-state index in [4.69, 9.17) is 4.74 Å². The lowest BCUT2D eigenvalue weighted by Crippen LogP contribution is -2.44. The van der Waals surface area contributed by atoms with Crippen molar-refractivity contribution in [1.82, 2.24) is 0 Å². The zero-order chi connectivity index (χ0) is 20.5. The summed E-state index contributed by atoms with van der Waals surface area (Å²) in [6.45, 7) is 3.96. The van der Waals surface area contributed by atoms with Crippen molar-refractivity contribution < 1.29 is 17.9 Å². The van der Waals surface area contributed by atoms with Gasteiger partial charge >= 0.3 is 0 Å². The lowest BCUT2D eigenvalue weighted by atomic mass is 10.1. The summed E-state index contributed by atoms with van der Waals surface area (Å²) < 4.78 is 30.5. The number of hydrogen-bond donors (Lipinski definition) is 0. The van der Waals surface area contributed by atoms with E-state index in [9.17, 15) is 13.2 Å². The molecule has 0 N–H and O–H groups in total. The minimum atomic E-state index is -3.32. The topological polar surface area (TPSA) is 66.9 Å². The van der Waals surface area contributed by atoms with Crippen LogP contribution in [0.1, 0.15) is 25.8 Å². The molecule has 0 saturated carbocycles. The number of anilines is 2. The van der Waals surface area contributed by atoms with E-state index in [1.54, 1.807) is 24.3 Å². The molecule has 0 bridgehead atoms. The van der Waals surface area contributed by atoms with Crippen molar-refractivity contribution in [2.45, 2.75) is 38.8 Å². The first kappa shape index (κ1) is 20.2. The first-order chi connectivity index (χ1) is 13.2. The van der Waals surface area contributed by atoms with Gasteiger partial charge in [0.1, 0.15) is 5.75 Å². The van der Waals surface area contributed by atoms with E-state index in [1.807, 2.05) is 36.9 Å². The van der Waals surface area contributed by atoms with Gasteiger partial charge in [-0.2, -0.15) is 0 Å². The van der Waals surface area contributed by atoms with Gasteiger partial charge in [-0.3, -0.25) is 9.10 Å². The first-order valence-corrected chi connectivity index (χ1v) is 11.2. The number of hydrogen-bond acceptors (Lipinski definition) is 4. The molecule has 0 radical (unpaired) electrons. The fourth-order valence-corrected chi connectivity index (χ4v) is 3.96. The average molecular weight is 403 g/mol. The van der Waals surface area contributed by atoms with E-state index in [0.29, 0.717) is 17.9 Å². The number of fused-ring (bicyclic) bond motifs is 1. The highest BCUT2D eigenvalue weighted by Gasteiger charge is 2.35. The maximum Gasteiger partial charge on any atom is 0.268 e. The summed E-state index contributed by atoms with van der Waals surface area (Å²) in [5.41, 5.74) is 2.66. The quantitative estimate of drug-likeness (QED) is 0.744. The van der Waals surface area contributed by atoms with Gasteiger partial charge < -0.3 is 9.64 Å². The Kier molecular flexibility index (Phi) is 5.65. The molecule has 0 saturated heterocycles. The van der Waals surface area contributed by atoms with Crippen LogP contribution in [-0.2, 0) is 21.2 Å². The average Bonchev–Trinajstić information content (AvgIpc) is 3.00. The summed E-state index contributed by atoms with van der Waals surface area (Å²) in [5.74, 6) is 0.475. The van der Waals surface area contributed by atoms with Gasteiger partial charge in [0, 0.05) is 18.8 Å². The molecule has 1 amide bonds. The van der Waals surface area contributed by atoms with Crippen molar-refractivity contribution in [3.8, 4) is 5.75 Å². The fourth-order valence-electron chi connectivity index (χ4n) is 3.46. The van der Waals surface area contributed by atoms with Gasteiger partial charge in [0.2, 0.25) is 10.0 Å². The van der Waals surface area contributed by atoms with Gasteiger partial charge in [-0.25, -0.2) is 8.42 Å². The minimum absolute atomic E-state index is 0.0581. The summed E-state index contributed by atoms with van der Waals surface area (Å²) in [6, 6.07) is 14.8. The second kappa shape index (κ2) is 7.83. The highest BCUT2D eigenvalue weighted by Crippen LogP contribution is 2.33. The SMILES string of the molecule is CC[C@H](Oc1ccc(N(C)S(C)(=O)=O)cc1)C(=O)N1c2ccccc2C[C@H]1C. The molecule has 0 fully saturated rings. The Morgan fingerprint density at radius 3 is 2.46 bits per heavy atom. The lowest BCUT2D eigenvalue weighted by Gasteiger charge is -2.27. The molecule has 0 aromatic heterocycles. The molecule has 1 heterocycles. The number of carbonyl (C=O) groups excluding carboxylic acids is 1. The van der Waals surface area contributed by atoms with Gasteiger partial charge in [0.15, 0.2) is 6.10 Å². The van der Waals surface area contributed by atoms with Crippen LogP contribution >= 0.6 is 0 Å². The van der Waals surface area contributed by atoms with Crippen LogP contribution in [0, 0.1) is 0 Å². The summed E-state index contributed by atoms with van der Waals surface area (Å²) >= 11 is 0. The molecule has 2 aromatic carbocycles. The van der Waals surface area contributed by atoms with Crippen molar-refractivity contribution in [2.75, 3.05) is 22.5 Å². The molecular formula is C21H26N2O4S. The molecule has 2 atom stereocenters. The van der Waals surface area contributed by atoms with E-state index in [0.717, 1.165) is 18.4 Å². The largest absolute Gasteiger partial charge is 0.481 e. The summed E-state index contributed by atoms with van der Waals surface area (Å²) in [7, 11) is -1.83. The number of amides is 1. The maximum atomic E-state index is 13.2. The van der Waals surface area contributed by atoms with Gasteiger partial charge in [-0.15, -0.1) is 0 Å². The number of carbonyl (C=O) groups is 1. The molecule has 6 nitrogen and oxygen atoms in total. The van der Waals surface area contributed by atoms with Crippen LogP contribution in [0.5, 0.6) is 5.75 Å². The van der Waals surface area contributed by atoms with Crippen molar-refractivity contribution in [2.24, 2.45) is 0 Å². The van der Waals surface area contributed by atoms with Crippen LogP contribution in [0.2, 0.25) is 0 Å². The molecule has 0 unspecified atom stereocenters. The molecule has 150 valence electrons. The van der Waals surface area contributed by atoms with Crippen molar-refractivity contribution in [3.63, 3.8) is 0 Å². The Morgan fingerprint density at radius 2 is 1.86 bits per heavy atom. The highest BCUT2D eigenvalue weighted by molar-refractivity contribution is 7.92. The van der Waals surface area contributed by atoms with E-state index in [-0.39, 0.29) is 11.9 Å². The van der Waals surface area contributed by atoms with E-state index in [1.165, 1.54) is 16.9 Å². The molecule has 7 heteroatoms. The lowest BCUT2D eigenvalue weighted by molar-refractivity contribution is -0.125. The Bertz CT molecular complexity index is 957. The fraction of sp³-hybridized carbons (Fsp3) is 0.381. The van der Waals surface area contributed by atoms with Crippen molar-refractivity contribution >= 4 is 27.3 Å². The van der Waals surface area contributed by atoms with E-state index in [2.05, 4.69) is 6.07 Å². The second-order valence-electron chi connectivity index (χ2n) is 7.13. The molecule has 1 aliphatic rings. The molecule has 1 aliphatic heterocycles. The number of sulfonamides is 1. The molecule has 0 spiro atoms. The number of benzene rings is 2. The van der Waals surface area contributed by atoms with E-state index >= 15 is 0 Å². The highest BCUT2D eigenvalue weighted by atomic mass is 32.2. The van der Waals surface area contributed by atoms with Crippen LogP contribution in [0.15, 0.2) is 48.5 Å². The predicted octanol–water partition coefficient (Wildman–Crippen LogP) is 3.22. The maximum absolute atomic E-state index is 13.2. The van der Waals surface area contributed by atoms with Crippen molar-refractivity contribution in [1.29, 1.82) is 0 Å². The molecule has 3 rings (SSSR count). The minimum Gasteiger partial charge on any atom is -0.481 e. The smallest absolute Gasteiger partial charge is 0.268 e. The standard InChI is InChI=1S/C21H26N2O4S/c1-5-20(21(24)23-15(2)14-16-8-6-7-9-19(16)23)27-18-12-10-17(11-13-18)22(3)28(4,25)26/h6-13,15,20H,5,14H2,1-4H3/t15-,20+/m1/s1. The molecule has 28 heavy (non-hydrogen) atoms. The molecular weight excluding hydrogens is 376 g/mol. The number of rotatable bonds is 6. The van der Waals surface area contributed by atoms with Crippen LogP contribution < -0.4 is 13.9 Å². The first-order valence-electron chi connectivity index (χ1n) is 9.34. The zero-order valence-electron chi connectivity index (χ0n) is 16.6. The number of para-hydroxylation sites is 1. The van der Waals surface area contributed by atoms with Gasteiger partial charge in [-0.1, -0.05) is 25.1 Å². The molecule has 0 aliphatic carbocycles. The predicted molar refractivity (Wildman–Crippen MR) is 111 cm³/mol. The Labute approximate surface area is 166 Å². The molecule has 2 aromatic rings. The van der Waals surface area contributed by atoms with Gasteiger partial charge in [0.05, 0.1) is 11.9 Å². The van der Waals surface area contributed by atoms with Gasteiger partial charge in [-0.05, 0) is 55.7 Å². The van der Waals surface area contributed by atoms with Crippen molar-refractivity contribution in [3.05, 3.63) is 54.1 Å². The summed E-state index contributed by atoms with van der Waals surface area (Å²) in [5, 5.41) is 0. The normalized spacial score (nSPS) is 17.1. The van der Waals surface area contributed by atoms with Crippen LogP contribution in [-0.4, -0.2) is 39.8 Å². The Hall–Kier alpha value is -2.54. The summed E-state index contributed by atoms with van der Waals surface area (Å²) in [6.07, 6.45) is 1.92. The Morgan fingerprint density at radius 1 is 1.21 bits per heavy atom. The number of ether oxygens (including phenoxy) is 1. The summed E-state index contributed by atoms with van der Waals surface area (Å²) in [4.78, 5) is 15.0. The third kappa shape index (κ3) is 3.99. The zero-order valence-corrected chi connectivity index (χ0v) is 17.4. The third-order valence-corrected chi connectivity index (χ3v) is 6.27. The number of nitrogens with zero attached hydrogens (tertiary/aromatic N) is 2. The van der Waals surface area contributed by atoms with Gasteiger partial charge in [0.25, 0.3) is 5.91 Å². The monoisotopic (exact) mass is 402 g/mol. The third-order valence-electron chi connectivity index (χ3n) is 5.07. The van der Waals surface area contributed by atoms with Crippen LogP contribution in [0.25, 0.3) is 0 Å².